The maximum absolute atomic E-state index is 12.7. The van der Waals surface area contributed by atoms with Crippen molar-refractivity contribution in [2.45, 2.75) is 18.6 Å². The molecule has 0 spiro atoms. The van der Waals surface area contributed by atoms with Crippen LogP contribution in [0, 0.1) is 0 Å². The summed E-state index contributed by atoms with van der Waals surface area (Å²) in [4.78, 5) is 17.5. The topological polar surface area (TPSA) is 76.1 Å². The molecule has 1 saturated heterocycles. The van der Waals surface area contributed by atoms with Crippen LogP contribution < -0.4 is 15.0 Å². The zero-order chi connectivity index (χ0) is 17.2. The summed E-state index contributed by atoms with van der Waals surface area (Å²) >= 11 is 0. The summed E-state index contributed by atoms with van der Waals surface area (Å²) in [6.07, 6.45) is -1.09. The van der Waals surface area contributed by atoms with Crippen molar-refractivity contribution in [3.8, 4) is 5.88 Å². The molecule has 0 amide bonds. The SMILES string of the molecule is COc1ccnc(NC2CCN(c3nccc(C(F)(F)F)n3)C2)n1. The Labute approximate surface area is 135 Å². The van der Waals surface area contributed by atoms with Crippen LogP contribution in [0.5, 0.6) is 5.88 Å². The van der Waals surface area contributed by atoms with E-state index in [2.05, 4.69) is 25.3 Å². The highest BCUT2D eigenvalue weighted by molar-refractivity contribution is 5.37. The van der Waals surface area contributed by atoms with Crippen molar-refractivity contribution in [3.05, 3.63) is 30.2 Å². The highest BCUT2D eigenvalue weighted by Crippen LogP contribution is 2.28. The van der Waals surface area contributed by atoms with E-state index in [1.165, 1.54) is 7.11 Å². The maximum atomic E-state index is 12.7. The van der Waals surface area contributed by atoms with E-state index in [9.17, 15) is 13.2 Å². The zero-order valence-corrected chi connectivity index (χ0v) is 12.8. The molecule has 2 aromatic heterocycles. The van der Waals surface area contributed by atoms with Crippen molar-refractivity contribution in [1.29, 1.82) is 0 Å². The van der Waals surface area contributed by atoms with Gasteiger partial charge < -0.3 is 15.0 Å². The third kappa shape index (κ3) is 3.63. The highest BCUT2D eigenvalue weighted by atomic mass is 19.4. The van der Waals surface area contributed by atoms with Crippen molar-refractivity contribution in [2.75, 3.05) is 30.4 Å². The van der Waals surface area contributed by atoms with Crippen molar-refractivity contribution in [1.82, 2.24) is 19.9 Å². The van der Waals surface area contributed by atoms with Crippen molar-refractivity contribution in [2.24, 2.45) is 0 Å². The zero-order valence-electron chi connectivity index (χ0n) is 12.8. The number of alkyl halides is 3. The van der Waals surface area contributed by atoms with Crippen LogP contribution in [0.15, 0.2) is 24.5 Å². The number of hydrogen-bond acceptors (Lipinski definition) is 7. The van der Waals surface area contributed by atoms with Gasteiger partial charge >= 0.3 is 6.18 Å². The third-order valence-electron chi connectivity index (χ3n) is 3.58. The van der Waals surface area contributed by atoms with E-state index in [1.807, 2.05) is 0 Å². The van der Waals surface area contributed by atoms with Crippen LogP contribution in [0.3, 0.4) is 0 Å². The van der Waals surface area contributed by atoms with Crippen molar-refractivity contribution in [3.63, 3.8) is 0 Å². The molecule has 3 heterocycles. The van der Waals surface area contributed by atoms with Crippen LogP contribution in [0.4, 0.5) is 25.1 Å². The smallest absolute Gasteiger partial charge is 0.433 e. The summed E-state index contributed by atoms with van der Waals surface area (Å²) in [6, 6.07) is 2.47. The minimum Gasteiger partial charge on any atom is -0.481 e. The first kappa shape index (κ1) is 16.2. The van der Waals surface area contributed by atoms with Gasteiger partial charge in [-0.2, -0.15) is 18.2 Å². The third-order valence-corrected chi connectivity index (χ3v) is 3.58. The molecule has 0 radical (unpaired) electrons. The van der Waals surface area contributed by atoms with E-state index in [1.54, 1.807) is 17.2 Å². The van der Waals surface area contributed by atoms with Crippen LogP contribution in [0.1, 0.15) is 12.1 Å². The van der Waals surface area contributed by atoms with Gasteiger partial charge in [0.15, 0.2) is 0 Å². The Morgan fingerprint density at radius 3 is 2.75 bits per heavy atom. The van der Waals surface area contributed by atoms with Gasteiger partial charge in [-0.25, -0.2) is 15.0 Å². The highest BCUT2D eigenvalue weighted by Gasteiger charge is 2.34. The molecular weight excluding hydrogens is 325 g/mol. The van der Waals surface area contributed by atoms with E-state index in [4.69, 9.17) is 4.74 Å². The Morgan fingerprint density at radius 2 is 2.00 bits per heavy atom. The van der Waals surface area contributed by atoms with E-state index < -0.39 is 11.9 Å². The molecule has 0 bridgehead atoms. The fourth-order valence-corrected chi connectivity index (χ4v) is 2.43. The van der Waals surface area contributed by atoms with Gasteiger partial charge in [-0.1, -0.05) is 0 Å². The van der Waals surface area contributed by atoms with Gasteiger partial charge in [0, 0.05) is 37.6 Å². The number of anilines is 2. The molecule has 1 N–H and O–H groups in total. The minimum atomic E-state index is -4.48. The minimum absolute atomic E-state index is 0.0183. The number of rotatable bonds is 4. The van der Waals surface area contributed by atoms with Gasteiger partial charge in [0.05, 0.1) is 7.11 Å². The van der Waals surface area contributed by atoms with Crippen LogP contribution in [0.25, 0.3) is 0 Å². The Morgan fingerprint density at radius 1 is 1.21 bits per heavy atom. The van der Waals surface area contributed by atoms with Gasteiger partial charge in [-0.05, 0) is 12.5 Å². The average Bonchev–Trinajstić information content (AvgIpc) is 3.03. The van der Waals surface area contributed by atoms with Crippen LogP contribution in [0.2, 0.25) is 0 Å². The summed E-state index contributed by atoms with van der Waals surface area (Å²) in [6.45, 7) is 1.00. The van der Waals surface area contributed by atoms with Crippen LogP contribution >= 0.6 is 0 Å². The van der Waals surface area contributed by atoms with Crippen molar-refractivity contribution >= 4 is 11.9 Å². The lowest BCUT2D eigenvalue weighted by molar-refractivity contribution is -0.141. The molecule has 24 heavy (non-hydrogen) atoms. The largest absolute Gasteiger partial charge is 0.481 e. The number of halogens is 3. The number of methoxy groups -OCH3 is 1. The summed E-state index contributed by atoms with van der Waals surface area (Å²) in [5.41, 5.74) is -0.944. The average molecular weight is 340 g/mol. The molecule has 1 unspecified atom stereocenters. The molecule has 3 rings (SSSR count). The molecule has 1 aliphatic heterocycles. The number of hydrogen-bond donors (Lipinski definition) is 1. The van der Waals surface area contributed by atoms with Gasteiger partial charge in [-0.15, -0.1) is 0 Å². The van der Waals surface area contributed by atoms with Gasteiger partial charge in [-0.3, -0.25) is 0 Å². The second kappa shape index (κ2) is 6.46. The van der Waals surface area contributed by atoms with E-state index in [0.717, 1.165) is 12.3 Å². The Bertz CT molecular complexity index is 711. The van der Waals surface area contributed by atoms with E-state index in [0.29, 0.717) is 31.3 Å². The lowest BCUT2D eigenvalue weighted by atomic mass is 10.3. The predicted molar refractivity (Wildman–Crippen MR) is 79.9 cm³/mol. The maximum Gasteiger partial charge on any atom is 0.433 e. The van der Waals surface area contributed by atoms with E-state index in [-0.39, 0.29) is 12.0 Å². The van der Waals surface area contributed by atoms with Crippen LogP contribution in [-0.2, 0) is 6.18 Å². The van der Waals surface area contributed by atoms with Gasteiger partial charge in [0.2, 0.25) is 17.8 Å². The first-order valence-corrected chi connectivity index (χ1v) is 7.24. The van der Waals surface area contributed by atoms with Gasteiger partial charge in [0.1, 0.15) is 5.69 Å². The first-order chi connectivity index (χ1) is 11.5. The number of nitrogens with one attached hydrogen (secondary N) is 1. The molecule has 128 valence electrons. The van der Waals surface area contributed by atoms with Crippen LogP contribution in [-0.4, -0.2) is 46.2 Å². The summed E-state index contributed by atoms with van der Waals surface area (Å²) in [5.74, 6) is 0.912. The number of aromatic nitrogens is 4. The molecule has 0 aromatic carbocycles. The molecule has 1 atom stereocenters. The lowest BCUT2D eigenvalue weighted by Gasteiger charge is -2.18. The Balaban J connectivity index is 1.67. The monoisotopic (exact) mass is 340 g/mol. The lowest BCUT2D eigenvalue weighted by Crippen LogP contribution is -2.28. The molecule has 1 fully saturated rings. The second-order valence-electron chi connectivity index (χ2n) is 5.24. The Kier molecular flexibility index (Phi) is 4.36. The van der Waals surface area contributed by atoms with Gasteiger partial charge in [0.25, 0.3) is 0 Å². The Hall–Kier alpha value is -2.65. The van der Waals surface area contributed by atoms with E-state index >= 15 is 0 Å². The fourth-order valence-electron chi connectivity index (χ4n) is 2.43. The standard InChI is InChI=1S/C14H15F3N6O/c1-24-11-3-6-18-12(22-11)20-9-4-7-23(8-9)13-19-5-2-10(21-13)14(15,16)17/h2-3,5-6,9H,4,7-8H2,1H3,(H,18,20,22). The normalized spacial score (nSPS) is 17.8. The molecule has 2 aromatic rings. The summed E-state index contributed by atoms with van der Waals surface area (Å²) in [7, 11) is 1.51. The predicted octanol–water partition coefficient (Wildman–Crippen LogP) is 1.98. The summed E-state index contributed by atoms with van der Waals surface area (Å²) in [5, 5.41) is 3.14. The summed E-state index contributed by atoms with van der Waals surface area (Å²) < 4.78 is 43.2. The molecular formula is C14H15F3N6O. The fraction of sp³-hybridized carbons (Fsp3) is 0.429. The molecule has 7 nitrogen and oxygen atoms in total. The molecule has 1 aliphatic rings. The molecule has 0 saturated carbocycles. The van der Waals surface area contributed by atoms with Crippen molar-refractivity contribution < 1.29 is 17.9 Å². The number of ether oxygens (including phenoxy) is 1. The molecule has 10 heteroatoms. The first-order valence-electron chi connectivity index (χ1n) is 7.24. The quantitative estimate of drug-likeness (QED) is 0.912. The molecule has 0 aliphatic carbocycles. The second-order valence-corrected chi connectivity index (χ2v) is 5.24. The number of nitrogens with zero attached hydrogens (tertiary/aromatic N) is 5.